The van der Waals surface area contributed by atoms with Gasteiger partial charge < -0.3 is 5.32 Å². The van der Waals surface area contributed by atoms with Crippen LogP contribution < -0.4 is 5.32 Å². The molecule has 0 unspecified atom stereocenters. The highest BCUT2D eigenvalue weighted by Crippen LogP contribution is 2.00. The number of hydrogen-bond donors (Lipinski definition) is 1. The standard InChI is InChI=1S/C12H22N4/c1-5-11(4)8-16-9-14-12(15-16)7-13-6-10(2)3/h9-10,13H,4-8H2,1-3H3. The Morgan fingerprint density at radius 3 is 2.94 bits per heavy atom. The molecule has 0 aliphatic rings. The summed E-state index contributed by atoms with van der Waals surface area (Å²) in [7, 11) is 0. The van der Waals surface area contributed by atoms with Crippen molar-refractivity contribution in [3.63, 3.8) is 0 Å². The molecule has 0 fully saturated rings. The fourth-order valence-corrected chi connectivity index (χ4v) is 1.30. The summed E-state index contributed by atoms with van der Waals surface area (Å²) in [5.41, 5.74) is 1.17. The van der Waals surface area contributed by atoms with Gasteiger partial charge >= 0.3 is 0 Å². The summed E-state index contributed by atoms with van der Waals surface area (Å²) >= 11 is 0. The molecule has 1 heterocycles. The van der Waals surface area contributed by atoms with E-state index in [2.05, 4.69) is 42.7 Å². The first kappa shape index (κ1) is 12.9. The van der Waals surface area contributed by atoms with Crippen LogP contribution in [0.15, 0.2) is 18.5 Å². The molecule has 0 aliphatic carbocycles. The topological polar surface area (TPSA) is 42.7 Å². The van der Waals surface area contributed by atoms with Gasteiger partial charge in [0.05, 0.1) is 13.1 Å². The molecule has 1 aromatic heterocycles. The maximum atomic E-state index is 4.38. The average molecular weight is 222 g/mol. The second-order valence-electron chi connectivity index (χ2n) is 4.49. The van der Waals surface area contributed by atoms with Crippen LogP contribution in [0, 0.1) is 5.92 Å². The molecule has 0 saturated heterocycles. The van der Waals surface area contributed by atoms with Gasteiger partial charge in [-0.2, -0.15) is 5.10 Å². The Kier molecular flexibility index (Phi) is 5.19. The van der Waals surface area contributed by atoms with Gasteiger partial charge in [-0.3, -0.25) is 0 Å². The molecule has 0 radical (unpaired) electrons. The summed E-state index contributed by atoms with van der Waals surface area (Å²) in [4.78, 5) is 4.25. The van der Waals surface area contributed by atoms with Crippen molar-refractivity contribution in [1.29, 1.82) is 0 Å². The number of rotatable bonds is 7. The van der Waals surface area contributed by atoms with E-state index in [1.807, 2.05) is 4.68 Å². The van der Waals surface area contributed by atoms with E-state index in [1.54, 1.807) is 6.33 Å². The lowest BCUT2D eigenvalue weighted by Crippen LogP contribution is -2.19. The molecular weight excluding hydrogens is 200 g/mol. The zero-order valence-electron chi connectivity index (χ0n) is 10.5. The van der Waals surface area contributed by atoms with Crippen LogP contribution in [0.2, 0.25) is 0 Å². The summed E-state index contributed by atoms with van der Waals surface area (Å²) in [6.45, 7) is 12.9. The van der Waals surface area contributed by atoms with E-state index >= 15 is 0 Å². The maximum absolute atomic E-state index is 4.38. The van der Waals surface area contributed by atoms with Crippen LogP contribution in [0.1, 0.15) is 33.0 Å². The van der Waals surface area contributed by atoms with Crippen molar-refractivity contribution in [2.45, 2.75) is 40.3 Å². The van der Waals surface area contributed by atoms with E-state index in [0.29, 0.717) is 5.92 Å². The summed E-state index contributed by atoms with van der Waals surface area (Å²) in [5.74, 6) is 1.51. The van der Waals surface area contributed by atoms with E-state index in [4.69, 9.17) is 0 Å². The van der Waals surface area contributed by atoms with Gasteiger partial charge in [0.1, 0.15) is 6.33 Å². The van der Waals surface area contributed by atoms with Crippen LogP contribution in [0.3, 0.4) is 0 Å². The molecule has 1 rings (SSSR count). The Bertz CT molecular complexity index is 328. The van der Waals surface area contributed by atoms with Gasteiger partial charge in [0.2, 0.25) is 0 Å². The molecule has 0 spiro atoms. The predicted molar refractivity (Wildman–Crippen MR) is 66.0 cm³/mol. The third kappa shape index (κ3) is 4.57. The third-order valence-corrected chi connectivity index (χ3v) is 2.31. The Balaban J connectivity index is 2.36. The number of hydrogen-bond acceptors (Lipinski definition) is 3. The highest BCUT2D eigenvalue weighted by molar-refractivity contribution is 4.93. The van der Waals surface area contributed by atoms with Crippen molar-refractivity contribution < 1.29 is 0 Å². The zero-order chi connectivity index (χ0) is 12.0. The van der Waals surface area contributed by atoms with Gasteiger partial charge in [-0.15, -0.1) is 0 Å². The van der Waals surface area contributed by atoms with Crippen LogP contribution in [0.25, 0.3) is 0 Å². The molecular formula is C12H22N4. The molecule has 0 bridgehead atoms. The van der Waals surface area contributed by atoms with E-state index in [9.17, 15) is 0 Å². The number of nitrogens with one attached hydrogen (secondary N) is 1. The summed E-state index contributed by atoms with van der Waals surface area (Å²) < 4.78 is 1.85. The molecule has 0 aromatic carbocycles. The zero-order valence-corrected chi connectivity index (χ0v) is 10.5. The number of aromatic nitrogens is 3. The Morgan fingerprint density at radius 2 is 2.31 bits per heavy atom. The number of nitrogens with zero attached hydrogens (tertiary/aromatic N) is 3. The second-order valence-corrected chi connectivity index (χ2v) is 4.49. The SMILES string of the molecule is C=C(CC)Cn1cnc(CNCC(C)C)n1. The molecule has 0 amide bonds. The lowest BCUT2D eigenvalue weighted by Gasteiger charge is -2.04. The normalized spacial score (nSPS) is 11.0. The quantitative estimate of drug-likeness (QED) is 0.717. The summed E-state index contributed by atoms with van der Waals surface area (Å²) in [5, 5.41) is 7.70. The van der Waals surface area contributed by atoms with Crippen molar-refractivity contribution in [3.05, 3.63) is 24.3 Å². The van der Waals surface area contributed by atoms with Crippen molar-refractivity contribution in [2.24, 2.45) is 5.92 Å². The third-order valence-electron chi connectivity index (χ3n) is 2.31. The first-order valence-corrected chi connectivity index (χ1v) is 5.87. The Labute approximate surface area is 97.8 Å². The Morgan fingerprint density at radius 1 is 1.56 bits per heavy atom. The van der Waals surface area contributed by atoms with E-state index in [-0.39, 0.29) is 0 Å². The molecule has 0 aliphatic heterocycles. The molecule has 4 nitrogen and oxygen atoms in total. The van der Waals surface area contributed by atoms with Gasteiger partial charge in [0, 0.05) is 0 Å². The minimum absolute atomic E-state index is 0.655. The van der Waals surface area contributed by atoms with Crippen molar-refractivity contribution >= 4 is 0 Å². The minimum atomic E-state index is 0.655. The summed E-state index contributed by atoms with van der Waals surface area (Å²) in [6, 6.07) is 0. The predicted octanol–water partition coefficient (Wildman–Crippen LogP) is 1.99. The second kappa shape index (κ2) is 6.43. The van der Waals surface area contributed by atoms with Crippen LogP contribution in [-0.2, 0) is 13.1 Å². The fraction of sp³-hybridized carbons (Fsp3) is 0.667. The van der Waals surface area contributed by atoms with E-state index in [1.165, 1.54) is 5.57 Å². The first-order chi connectivity index (χ1) is 7.61. The first-order valence-electron chi connectivity index (χ1n) is 5.87. The van der Waals surface area contributed by atoms with E-state index < -0.39 is 0 Å². The van der Waals surface area contributed by atoms with Crippen molar-refractivity contribution in [2.75, 3.05) is 6.54 Å². The molecule has 90 valence electrons. The van der Waals surface area contributed by atoms with Crippen LogP contribution >= 0.6 is 0 Å². The van der Waals surface area contributed by atoms with Gasteiger partial charge in [0.15, 0.2) is 5.82 Å². The van der Waals surface area contributed by atoms with Gasteiger partial charge in [-0.25, -0.2) is 9.67 Å². The molecule has 4 heteroatoms. The van der Waals surface area contributed by atoms with E-state index in [0.717, 1.165) is 31.9 Å². The van der Waals surface area contributed by atoms with Gasteiger partial charge in [0.25, 0.3) is 0 Å². The molecule has 1 N–H and O–H groups in total. The van der Waals surface area contributed by atoms with Gasteiger partial charge in [-0.05, 0) is 18.9 Å². The van der Waals surface area contributed by atoms with Crippen LogP contribution in [-0.4, -0.2) is 21.3 Å². The maximum Gasteiger partial charge on any atom is 0.164 e. The van der Waals surface area contributed by atoms with Crippen LogP contribution in [0.5, 0.6) is 0 Å². The highest BCUT2D eigenvalue weighted by Gasteiger charge is 2.01. The highest BCUT2D eigenvalue weighted by atomic mass is 15.3. The van der Waals surface area contributed by atoms with Crippen LogP contribution in [0.4, 0.5) is 0 Å². The molecule has 16 heavy (non-hydrogen) atoms. The summed E-state index contributed by atoms with van der Waals surface area (Å²) in [6.07, 6.45) is 2.76. The van der Waals surface area contributed by atoms with Crippen molar-refractivity contribution in [1.82, 2.24) is 20.1 Å². The lowest BCUT2D eigenvalue weighted by molar-refractivity contribution is 0.539. The van der Waals surface area contributed by atoms with Crippen molar-refractivity contribution in [3.8, 4) is 0 Å². The minimum Gasteiger partial charge on any atom is -0.310 e. The Hall–Kier alpha value is -1.16. The lowest BCUT2D eigenvalue weighted by atomic mass is 10.2. The smallest absolute Gasteiger partial charge is 0.164 e. The fourth-order valence-electron chi connectivity index (χ4n) is 1.30. The largest absolute Gasteiger partial charge is 0.310 e. The molecule has 0 atom stereocenters. The average Bonchev–Trinajstić information content (AvgIpc) is 2.65. The van der Waals surface area contributed by atoms with Gasteiger partial charge in [-0.1, -0.05) is 32.9 Å². The molecule has 1 aromatic rings. The number of allylic oxidation sites excluding steroid dienone is 1. The molecule has 0 saturated carbocycles. The monoisotopic (exact) mass is 222 g/mol.